The number of aryl methyl sites for hydroxylation is 2. The van der Waals surface area contributed by atoms with Gasteiger partial charge in [0.2, 0.25) is 11.8 Å². The van der Waals surface area contributed by atoms with Gasteiger partial charge in [-0.2, -0.15) is 5.10 Å². The summed E-state index contributed by atoms with van der Waals surface area (Å²) in [4.78, 5) is 14.7. The molecule has 0 saturated carbocycles. The van der Waals surface area contributed by atoms with E-state index in [4.69, 9.17) is 14.6 Å². The minimum absolute atomic E-state index is 0.0745. The second-order valence-corrected chi connectivity index (χ2v) is 7.94. The molecule has 1 aromatic heterocycles. The van der Waals surface area contributed by atoms with Gasteiger partial charge in [-0.05, 0) is 43.7 Å². The first-order valence-corrected chi connectivity index (χ1v) is 10.6. The number of carbonyl (C=O) groups is 1. The summed E-state index contributed by atoms with van der Waals surface area (Å²) in [5, 5.41) is 4.76. The Labute approximate surface area is 184 Å². The van der Waals surface area contributed by atoms with E-state index in [-0.39, 0.29) is 11.8 Å². The van der Waals surface area contributed by atoms with E-state index in [0.29, 0.717) is 25.6 Å². The molecule has 0 aliphatic rings. The van der Waals surface area contributed by atoms with Gasteiger partial charge >= 0.3 is 0 Å². The normalized spacial score (nSPS) is 11.0. The zero-order valence-corrected chi connectivity index (χ0v) is 19.0. The molecule has 0 unspecified atom stereocenters. The van der Waals surface area contributed by atoms with Crippen LogP contribution >= 0.6 is 0 Å². The standard InChI is InChI=1S/C25H31N3O3/c1-18(2)24(29)27(14-15-30-5)17-23-20(4)26-28(21-11-7-6-8-12-21)25(23)31-22-13-9-10-19(3)16-22/h6-13,16,18H,14-15,17H2,1-5H3. The lowest BCUT2D eigenvalue weighted by molar-refractivity contribution is -0.135. The van der Waals surface area contributed by atoms with E-state index in [1.165, 1.54) is 0 Å². The summed E-state index contributed by atoms with van der Waals surface area (Å²) in [6, 6.07) is 17.8. The third-order valence-electron chi connectivity index (χ3n) is 5.06. The van der Waals surface area contributed by atoms with Crippen molar-refractivity contribution in [1.29, 1.82) is 0 Å². The second kappa shape index (κ2) is 10.3. The Kier molecular flexibility index (Phi) is 7.47. The van der Waals surface area contributed by atoms with E-state index in [9.17, 15) is 4.79 Å². The van der Waals surface area contributed by atoms with E-state index in [1.807, 2.05) is 87.2 Å². The Hall–Kier alpha value is -3.12. The van der Waals surface area contributed by atoms with Gasteiger partial charge in [0.25, 0.3) is 0 Å². The first kappa shape index (κ1) is 22.6. The molecule has 1 amide bonds. The first-order valence-electron chi connectivity index (χ1n) is 10.6. The van der Waals surface area contributed by atoms with E-state index in [2.05, 4.69) is 0 Å². The van der Waals surface area contributed by atoms with Crippen LogP contribution in [0.3, 0.4) is 0 Å². The zero-order valence-electron chi connectivity index (χ0n) is 19.0. The summed E-state index contributed by atoms with van der Waals surface area (Å²) in [7, 11) is 1.64. The van der Waals surface area contributed by atoms with Gasteiger partial charge in [-0.1, -0.05) is 44.2 Å². The minimum atomic E-state index is -0.109. The predicted octanol–water partition coefficient (Wildman–Crippen LogP) is 4.91. The predicted molar refractivity (Wildman–Crippen MR) is 122 cm³/mol. The monoisotopic (exact) mass is 421 g/mol. The van der Waals surface area contributed by atoms with E-state index in [0.717, 1.165) is 28.3 Å². The van der Waals surface area contributed by atoms with Crippen molar-refractivity contribution in [1.82, 2.24) is 14.7 Å². The Morgan fingerprint density at radius 1 is 1.10 bits per heavy atom. The molecule has 0 aliphatic carbocycles. The van der Waals surface area contributed by atoms with Gasteiger partial charge in [0.05, 0.1) is 30.1 Å². The number of carbonyl (C=O) groups excluding carboxylic acids is 1. The van der Waals surface area contributed by atoms with Gasteiger partial charge in [0.15, 0.2) is 0 Å². The van der Waals surface area contributed by atoms with Gasteiger partial charge in [0.1, 0.15) is 5.75 Å². The first-order chi connectivity index (χ1) is 14.9. The number of amides is 1. The van der Waals surface area contributed by atoms with Crippen molar-refractivity contribution in [2.75, 3.05) is 20.3 Å². The van der Waals surface area contributed by atoms with Crippen LogP contribution in [0.1, 0.15) is 30.7 Å². The molecule has 0 spiro atoms. The molecule has 2 aromatic carbocycles. The van der Waals surface area contributed by atoms with Crippen molar-refractivity contribution >= 4 is 5.91 Å². The highest BCUT2D eigenvalue weighted by Gasteiger charge is 2.24. The van der Waals surface area contributed by atoms with Crippen LogP contribution in [-0.4, -0.2) is 40.8 Å². The molecule has 1 heterocycles. The van der Waals surface area contributed by atoms with Gasteiger partial charge in [-0.25, -0.2) is 4.68 Å². The summed E-state index contributed by atoms with van der Waals surface area (Å²) in [6.45, 7) is 9.18. The number of hydrogen-bond acceptors (Lipinski definition) is 4. The molecular formula is C25H31N3O3. The van der Waals surface area contributed by atoms with Crippen molar-refractivity contribution in [3.63, 3.8) is 0 Å². The molecule has 0 atom stereocenters. The molecule has 3 aromatic rings. The molecule has 0 saturated heterocycles. The third kappa shape index (κ3) is 5.52. The number of nitrogens with zero attached hydrogens (tertiary/aromatic N) is 3. The SMILES string of the molecule is COCCN(Cc1c(C)nn(-c2ccccc2)c1Oc1cccc(C)c1)C(=O)C(C)C. The topological polar surface area (TPSA) is 56.6 Å². The highest BCUT2D eigenvalue weighted by Crippen LogP contribution is 2.32. The average Bonchev–Trinajstić information content (AvgIpc) is 3.06. The third-order valence-corrected chi connectivity index (χ3v) is 5.06. The Morgan fingerprint density at radius 2 is 1.84 bits per heavy atom. The molecule has 6 nitrogen and oxygen atoms in total. The zero-order chi connectivity index (χ0) is 22.4. The number of methoxy groups -OCH3 is 1. The van der Waals surface area contributed by atoms with Gasteiger partial charge in [0, 0.05) is 19.6 Å². The van der Waals surface area contributed by atoms with Crippen LogP contribution in [-0.2, 0) is 16.1 Å². The summed E-state index contributed by atoms with van der Waals surface area (Å²) >= 11 is 0. The van der Waals surface area contributed by atoms with Crippen LogP contribution in [0.2, 0.25) is 0 Å². The van der Waals surface area contributed by atoms with Gasteiger partial charge in [-0.15, -0.1) is 0 Å². The minimum Gasteiger partial charge on any atom is -0.439 e. The number of para-hydroxylation sites is 1. The lowest BCUT2D eigenvalue weighted by atomic mass is 10.1. The fraction of sp³-hybridized carbons (Fsp3) is 0.360. The van der Waals surface area contributed by atoms with Crippen LogP contribution < -0.4 is 4.74 Å². The van der Waals surface area contributed by atoms with Crippen LogP contribution in [0.5, 0.6) is 11.6 Å². The molecule has 0 aliphatic heterocycles. The lowest BCUT2D eigenvalue weighted by Gasteiger charge is -2.24. The van der Waals surface area contributed by atoms with E-state index >= 15 is 0 Å². The second-order valence-electron chi connectivity index (χ2n) is 7.94. The van der Waals surface area contributed by atoms with Crippen LogP contribution in [0.25, 0.3) is 5.69 Å². The fourth-order valence-corrected chi connectivity index (χ4v) is 3.38. The van der Waals surface area contributed by atoms with Crippen LogP contribution in [0.15, 0.2) is 54.6 Å². The summed E-state index contributed by atoms with van der Waals surface area (Å²) < 4.78 is 13.4. The molecule has 0 N–H and O–H groups in total. The van der Waals surface area contributed by atoms with Crippen molar-refractivity contribution < 1.29 is 14.3 Å². The smallest absolute Gasteiger partial charge is 0.227 e. The van der Waals surface area contributed by atoms with Crippen molar-refractivity contribution in [3.05, 3.63) is 71.4 Å². The number of benzene rings is 2. The van der Waals surface area contributed by atoms with Crippen molar-refractivity contribution in [3.8, 4) is 17.3 Å². The Balaban J connectivity index is 2.05. The number of hydrogen-bond donors (Lipinski definition) is 0. The largest absolute Gasteiger partial charge is 0.439 e. The molecule has 31 heavy (non-hydrogen) atoms. The fourth-order valence-electron chi connectivity index (χ4n) is 3.38. The highest BCUT2D eigenvalue weighted by atomic mass is 16.5. The Morgan fingerprint density at radius 3 is 2.48 bits per heavy atom. The maximum atomic E-state index is 12.9. The Bertz CT molecular complexity index is 1010. The molecule has 3 rings (SSSR count). The van der Waals surface area contributed by atoms with Gasteiger partial charge < -0.3 is 14.4 Å². The van der Waals surface area contributed by atoms with Crippen LogP contribution in [0, 0.1) is 19.8 Å². The number of rotatable bonds is 9. The molecule has 0 bridgehead atoms. The number of ether oxygens (including phenoxy) is 2. The van der Waals surface area contributed by atoms with Crippen molar-refractivity contribution in [2.24, 2.45) is 5.92 Å². The summed E-state index contributed by atoms with van der Waals surface area (Å²) in [6.07, 6.45) is 0. The van der Waals surface area contributed by atoms with Crippen molar-refractivity contribution in [2.45, 2.75) is 34.2 Å². The van der Waals surface area contributed by atoms with E-state index < -0.39 is 0 Å². The molecular weight excluding hydrogens is 390 g/mol. The maximum Gasteiger partial charge on any atom is 0.227 e. The molecule has 164 valence electrons. The summed E-state index contributed by atoms with van der Waals surface area (Å²) in [5.41, 5.74) is 3.72. The molecule has 0 fully saturated rings. The van der Waals surface area contributed by atoms with Gasteiger partial charge in [-0.3, -0.25) is 4.79 Å². The molecule has 6 heteroatoms. The van der Waals surface area contributed by atoms with E-state index in [1.54, 1.807) is 11.8 Å². The maximum absolute atomic E-state index is 12.9. The quantitative estimate of drug-likeness (QED) is 0.492. The molecule has 0 radical (unpaired) electrons. The number of aromatic nitrogens is 2. The lowest BCUT2D eigenvalue weighted by Crippen LogP contribution is -2.36. The highest BCUT2D eigenvalue weighted by molar-refractivity contribution is 5.78. The summed E-state index contributed by atoms with van der Waals surface area (Å²) in [5.74, 6) is 1.32. The average molecular weight is 422 g/mol. The van der Waals surface area contributed by atoms with Crippen LogP contribution in [0.4, 0.5) is 0 Å².